The van der Waals surface area contributed by atoms with Gasteiger partial charge in [-0.15, -0.1) is 6.42 Å². The van der Waals surface area contributed by atoms with Crippen LogP contribution in [0.4, 0.5) is 0 Å². The summed E-state index contributed by atoms with van der Waals surface area (Å²) in [6.45, 7) is 14.5. The first kappa shape index (κ1) is 29.0. The zero-order valence-corrected chi connectivity index (χ0v) is 24.1. The first-order valence-electron chi connectivity index (χ1n) is 15.0. The lowest BCUT2D eigenvalue weighted by Gasteiger charge is -2.35. The van der Waals surface area contributed by atoms with Crippen LogP contribution in [0.15, 0.2) is 22.8 Å². The Balaban J connectivity index is 0.000000538. The zero-order chi connectivity index (χ0) is 26.3. The minimum atomic E-state index is -0.380. The van der Waals surface area contributed by atoms with E-state index >= 15 is 0 Å². The fourth-order valence-electron chi connectivity index (χ4n) is 7.83. The van der Waals surface area contributed by atoms with Gasteiger partial charge in [0.15, 0.2) is 0 Å². The van der Waals surface area contributed by atoms with Crippen LogP contribution in [0.2, 0.25) is 0 Å². The van der Waals surface area contributed by atoms with E-state index in [4.69, 9.17) is 4.74 Å². The van der Waals surface area contributed by atoms with Gasteiger partial charge < -0.3 is 10.1 Å². The third kappa shape index (κ3) is 6.86. The highest BCUT2D eigenvalue weighted by Crippen LogP contribution is 2.55. The molecule has 4 rings (SSSR count). The van der Waals surface area contributed by atoms with E-state index in [9.17, 15) is 4.79 Å². The molecule has 7 atom stereocenters. The molecule has 4 aliphatic rings. The van der Waals surface area contributed by atoms with E-state index in [-0.39, 0.29) is 5.91 Å². The van der Waals surface area contributed by atoms with E-state index in [0.717, 1.165) is 48.7 Å². The Hall–Kier alpha value is -1.53. The van der Waals surface area contributed by atoms with Crippen LogP contribution >= 0.6 is 0 Å². The Morgan fingerprint density at radius 2 is 2.03 bits per heavy atom. The second-order valence-electron chi connectivity index (χ2n) is 12.5. The number of nitrogens with one attached hydrogen (secondary N) is 1. The number of hydrogen-bond donors (Lipinski definition) is 1. The number of hydrogen-bond acceptors (Lipinski definition) is 2. The van der Waals surface area contributed by atoms with E-state index < -0.39 is 0 Å². The van der Waals surface area contributed by atoms with Gasteiger partial charge in [0.25, 0.3) is 5.91 Å². The van der Waals surface area contributed by atoms with E-state index in [2.05, 4.69) is 52.4 Å². The fraction of sp³-hybridized carbons (Fsp3) is 0.788. The molecule has 202 valence electrons. The molecule has 0 aromatic carbocycles. The van der Waals surface area contributed by atoms with Gasteiger partial charge in [-0.1, -0.05) is 63.8 Å². The fourth-order valence-corrected chi connectivity index (χ4v) is 7.83. The molecule has 1 aliphatic heterocycles. The molecule has 0 aromatic heterocycles. The number of carbonyl (C=O) groups excluding carboxylic acids is 1. The molecular weight excluding hydrogens is 442 g/mol. The second-order valence-corrected chi connectivity index (χ2v) is 12.5. The summed E-state index contributed by atoms with van der Waals surface area (Å²) in [5.41, 5.74) is 5.96. The van der Waals surface area contributed by atoms with Crippen molar-refractivity contribution in [2.24, 2.45) is 40.9 Å². The van der Waals surface area contributed by atoms with Crippen molar-refractivity contribution in [3.8, 4) is 12.3 Å². The van der Waals surface area contributed by atoms with Crippen LogP contribution in [-0.4, -0.2) is 26.2 Å². The average molecular weight is 496 g/mol. The standard InChI is InChI=1S/C29H48O.C4H5NO/c1-6-22(17-23-13-15-30-19-23)16-21(4)26-12-14-29(5)18-27-24(7-2)9-10-25(27)20(3)8-11-28(26)29;1-3-4(6)5-2/h18,20-25H,6-17,19H2,1-5H3;1H,2H3,(H,5,6)/b27-18-;. The van der Waals surface area contributed by atoms with E-state index in [1.54, 1.807) is 0 Å². The second kappa shape index (κ2) is 13.3. The molecule has 3 aliphatic carbocycles. The SMILES string of the molecule is C#CC(=O)NC.CCC(CC1CCOC1)CC(C)C1=C2CCC(C)C3CCC(CC)/C3=C/C2(C)CC1. The van der Waals surface area contributed by atoms with Crippen molar-refractivity contribution in [3.63, 3.8) is 0 Å². The van der Waals surface area contributed by atoms with Gasteiger partial charge in [0.1, 0.15) is 0 Å². The lowest BCUT2D eigenvalue weighted by atomic mass is 9.70. The quantitative estimate of drug-likeness (QED) is 0.290. The highest BCUT2D eigenvalue weighted by atomic mass is 16.5. The molecule has 1 saturated carbocycles. The molecule has 0 aromatic rings. The van der Waals surface area contributed by atoms with Crippen molar-refractivity contribution < 1.29 is 9.53 Å². The molecule has 1 amide bonds. The van der Waals surface area contributed by atoms with Crippen LogP contribution in [-0.2, 0) is 9.53 Å². The summed E-state index contributed by atoms with van der Waals surface area (Å²) in [5.74, 6) is 6.57. The van der Waals surface area contributed by atoms with Gasteiger partial charge in [0, 0.05) is 25.7 Å². The summed E-state index contributed by atoms with van der Waals surface area (Å²) < 4.78 is 5.66. The largest absolute Gasteiger partial charge is 0.381 e. The summed E-state index contributed by atoms with van der Waals surface area (Å²) in [6, 6.07) is 0. The molecule has 0 spiro atoms. The number of terminal acetylenes is 1. The molecular formula is C33H53NO2. The minimum Gasteiger partial charge on any atom is -0.381 e. The number of fused-ring (bicyclic) bond motifs is 2. The molecule has 36 heavy (non-hydrogen) atoms. The summed E-state index contributed by atoms with van der Waals surface area (Å²) >= 11 is 0. The van der Waals surface area contributed by atoms with Crippen molar-refractivity contribution >= 4 is 5.91 Å². The van der Waals surface area contributed by atoms with Gasteiger partial charge in [0.05, 0.1) is 0 Å². The maximum absolute atomic E-state index is 9.83. The molecule has 3 nitrogen and oxygen atoms in total. The highest BCUT2D eigenvalue weighted by molar-refractivity contribution is 5.92. The van der Waals surface area contributed by atoms with Crippen LogP contribution in [0.1, 0.15) is 105 Å². The molecule has 2 fully saturated rings. The molecule has 1 heterocycles. The normalized spacial score (nSPS) is 34.6. The highest BCUT2D eigenvalue weighted by Gasteiger charge is 2.42. The number of rotatable bonds is 7. The van der Waals surface area contributed by atoms with Crippen molar-refractivity contribution in [3.05, 3.63) is 22.8 Å². The lowest BCUT2D eigenvalue weighted by molar-refractivity contribution is -0.115. The summed E-state index contributed by atoms with van der Waals surface area (Å²) in [6.07, 6.45) is 22.6. The third-order valence-electron chi connectivity index (χ3n) is 10.1. The van der Waals surface area contributed by atoms with Crippen LogP contribution in [0.25, 0.3) is 0 Å². The van der Waals surface area contributed by atoms with Crippen LogP contribution in [0.5, 0.6) is 0 Å². The molecule has 3 heteroatoms. The van der Waals surface area contributed by atoms with Gasteiger partial charge >= 0.3 is 0 Å². The van der Waals surface area contributed by atoms with Crippen LogP contribution < -0.4 is 5.32 Å². The lowest BCUT2D eigenvalue weighted by Crippen LogP contribution is -2.23. The van der Waals surface area contributed by atoms with Gasteiger partial charge in [-0.05, 0) is 106 Å². The maximum atomic E-state index is 9.83. The predicted molar refractivity (Wildman–Crippen MR) is 151 cm³/mol. The first-order valence-corrected chi connectivity index (χ1v) is 15.0. The number of ether oxygens (including phenoxy) is 1. The van der Waals surface area contributed by atoms with E-state index in [1.807, 2.05) is 22.6 Å². The Bertz CT molecular complexity index is 842. The third-order valence-corrected chi connectivity index (χ3v) is 10.1. The summed E-state index contributed by atoms with van der Waals surface area (Å²) in [5, 5.41) is 2.24. The Morgan fingerprint density at radius 3 is 2.61 bits per heavy atom. The summed E-state index contributed by atoms with van der Waals surface area (Å²) in [7, 11) is 1.49. The Labute approximate surface area is 222 Å². The molecule has 0 radical (unpaired) electrons. The molecule has 7 unspecified atom stereocenters. The number of allylic oxidation sites excluding steroid dienone is 4. The number of amides is 1. The monoisotopic (exact) mass is 495 g/mol. The Morgan fingerprint density at radius 1 is 1.25 bits per heavy atom. The van der Waals surface area contributed by atoms with Gasteiger partial charge in [0.2, 0.25) is 0 Å². The zero-order valence-electron chi connectivity index (χ0n) is 24.1. The van der Waals surface area contributed by atoms with Gasteiger partial charge in [-0.25, -0.2) is 0 Å². The van der Waals surface area contributed by atoms with Crippen LogP contribution in [0, 0.1) is 53.3 Å². The van der Waals surface area contributed by atoms with Crippen molar-refractivity contribution in [1.29, 1.82) is 0 Å². The van der Waals surface area contributed by atoms with Gasteiger partial charge in [-0.2, -0.15) is 0 Å². The topological polar surface area (TPSA) is 38.3 Å². The van der Waals surface area contributed by atoms with E-state index in [0.29, 0.717) is 5.41 Å². The Kier molecular flexibility index (Phi) is 10.7. The van der Waals surface area contributed by atoms with Crippen molar-refractivity contribution in [2.75, 3.05) is 20.3 Å². The first-order chi connectivity index (χ1) is 17.3. The molecule has 1 N–H and O–H groups in total. The van der Waals surface area contributed by atoms with Crippen molar-refractivity contribution in [2.45, 2.75) is 105 Å². The smallest absolute Gasteiger partial charge is 0.295 e. The summed E-state index contributed by atoms with van der Waals surface area (Å²) in [4.78, 5) is 9.83. The number of carbonyl (C=O) groups is 1. The molecule has 1 saturated heterocycles. The molecule has 0 bridgehead atoms. The van der Waals surface area contributed by atoms with E-state index in [1.165, 1.54) is 77.7 Å². The predicted octanol–water partition coefficient (Wildman–Crippen LogP) is 7.72. The maximum Gasteiger partial charge on any atom is 0.295 e. The minimum absolute atomic E-state index is 0.357. The van der Waals surface area contributed by atoms with Crippen molar-refractivity contribution in [1.82, 2.24) is 5.32 Å². The van der Waals surface area contributed by atoms with Gasteiger partial charge in [-0.3, -0.25) is 4.79 Å². The average Bonchev–Trinajstić information content (AvgIpc) is 3.60. The van der Waals surface area contributed by atoms with Crippen LogP contribution in [0.3, 0.4) is 0 Å².